The lowest BCUT2D eigenvalue weighted by molar-refractivity contribution is -0.120. The van der Waals surface area contributed by atoms with Crippen LogP contribution < -0.4 is 10.5 Å². The van der Waals surface area contributed by atoms with Gasteiger partial charge in [-0.1, -0.05) is 24.6 Å². The van der Waals surface area contributed by atoms with Crippen molar-refractivity contribution in [2.24, 2.45) is 5.14 Å². The van der Waals surface area contributed by atoms with Crippen molar-refractivity contribution in [1.29, 1.82) is 0 Å². The Morgan fingerprint density at radius 1 is 1.42 bits per heavy atom. The highest BCUT2D eigenvalue weighted by atomic mass is 32.2. The fourth-order valence-electron chi connectivity index (χ4n) is 3.26. The maximum atomic E-state index is 12.4. The Morgan fingerprint density at radius 2 is 2.12 bits per heavy atom. The number of hydrogen-bond donors (Lipinski definition) is 2. The molecule has 1 aromatic carbocycles. The van der Waals surface area contributed by atoms with Gasteiger partial charge in [-0.25, -0.2) is 18.5 Å². The van der Waals surface area contributed by atoms with Gasteiger partial charge in [0.05, 0.1) is 21.2 Å². The molecule has 1 fully saturated rings. The summed E-state index contributed by atoms with van der Waals surface area (Å²) in [7, 11) is -3.77. The van der Waals surface area contributed by atoms with Gasteiger partial charge in [0.2, 0.25) is 15.9 Å². The van der Waals surface area contributed by atoms with Gasteiger partial charge in [0.1, 0.15) is 0 Å². The Bertz CT molecular complexity index is 917. The van der Waals surface area contributed by atoms with Crippen molar-refractivity contribution in [3.63, 3.8) is 0 Å². The van der Waals surface area contributed by atoms with E-state index >= 15 is 0 Å². The minimum atomic E-state index is -3.77. The molecule has 0 spiro atoms. The Kier molecular flexibility index (Phi) is 5.59. The number of benzene rings is 1. The van der Waals surface area contributed by atoms with E-state index in [1.807, 2.05) is 18.4 Å². The third-order valence-electron chi connectivity index (χ3n) is 4.68. The lowest BCUT2D eigenvalue weighted by atomic mass is 10.2. The minimum Gasteiger partial charge on any atom is -0.352 e. The van der Waals surface area contributed by atoms with Crippen LogP contribution in [0.15, 0.2) is 28.3 Å². The van der Waals surface area contributed by atoms with Crippen LogP contribution in [0.1, 0.15) is 39.5 Å². The van der Waals surface area contributed by atoms with Crippen LogP contribution in [0.3, 0.4) is 0 Å². The number of carbonyl (C=O) groups is 1. The largest absolute Gasteiger partial charge is 0.352 e. The second-order valence-corrected chi connectivity index (χ2v) is 9.45. The van der Waals surface area contributed by atoms with E-state index in [2.05, 4.69) is 10.3 Å². The number of amides is 1. The number of nitrogens with zero attached hydrogens (tertiary/aromatic N) is 2. The SMILES string of the molecule is CCn1c(S[C@@H](C)C(=O)NC2CCCC2)nc2cc(S(N)(=O)=O)ccc21. The molecule has 7 nitrogen and oxygen atoms in total. The Balaban J connectivity index is 1.83. The Labute approximate surface area is 157 Å². The number of aryl methyl sites for hydroxylation is 1. The van der Waals surface area contributed by atoms with E-state index in [-0.39, 0.29) is 22.1 Å². The zero-order valence-corrected chi connectivity index (χ0v) is 16.6. The van der Waals surface area contributed by atoms with Gasteiger partial charge >= 0.3 is 0 Å². The van der Waals surface area contributed by atoms with Crippen molar-refractivity contribution in [3.05, 3.63) is 18.2 Å². The van der Waals surface area contributed by atoms with Gasteiger partial charge in [-0.2, -0.15) is 0 Å². The molecule has 142 valence electrons. The van der Waals surface area contributed by atoms with Crippen molar-refractivity contribution in [3.8, 4) is 0 Å². The number of thioether (sulfide) groups is 1. The van der Waals surface area contributed by atoms with Crippen LogP contribution in [0.5, 0.6) is 0 Å². The van der Waals surface area contributed by atoms with Crippen LogP contribution in [-0.2, 0) is 21.4 Å². The number of primary sulfonamides is 1. The van der Waals surface area contributed by atoms with Crippen molar-refractivity contribution in [1.82, 2.24) is 14.9 Å². The van der Waals surface area contributed by atoms with E-state index in [4.69, 9.17) is 5.14 Å². The number of imidazole rings is 1. The average molecular weight is 397 g/mol. The molecule has 1 heterocycles. The molecule has 1 amide bonds. The normalized spacial score (nSPS) is 16.9. The number of carbonyl (C=O) groups excluding carboxylic acids is 1. The van der Waals surface area contributed by atoms with Gasteiger partial charge in [0.25, 0.3) is 0 Å². The van der Waals surface area contributed by atoms with Gasteiger partial charge in [0, 0.05) is 12.6 Å². The predicted octanol–water partition coefficient (Wildman–Crippen LogP) is 2.24. The summed E-state index contributed by atoms with van der Waals surface area (Å²) in [6, 6.07) is 4.95. The maximum Gasteiger partial charge on any atom is 0.238 e. The molecule has 2 aromatic rings. The van der Waals surface area contributed by atoms with Crippen LogP contribution in [0.2, 0.25) is 0 Å². The summed E-state index contributed by atoms with van der Waals surface area (Å²) in [5.41, 5.74) is 1.38. The fourth-order valence-corrected chi connectivity index (χ4v) is 4.79. The molecule has 0 aliphatic heterocycles. The second-order valence-electron chi connectivity index (χ2n) is 6.58. The molecule has 9 heteroatoms. The zero-order chi connectivity index (χ0) is 18.9. The number of nitrogens with two attached hydrogens (primary N) is 1. The van der Waals surface area contributed by atoms with Gasteiger partial charge in [-0.3, -0.25) is 4.79 Å². The van der Waals surface area contributed by atoms with Gasteiger partial charge < -0.3 is 9.88 Å². The van der Waals surface area contributed by atoms with Gasteiger partial charge in [-0.05, 0) is 44.9 Å². The fraction of sp³-hybridized carbons (Fsp3) is 0.529. The summed E-state index contributed by atoms with van der Waals surface area (Å²) in [5.74, 6) is 0.0156. The lowest BCUT2D eigenvalue weighted by Crippen LogP contribution is -2.37. The van der Waals surface area contributed by atoms with Crippen molar-refractivity contribution < 1.29 is 13.2 Å². The number of rotatable bonds is 6. The van der Waals surface area contributed by atoms with Crippen molar-refractivity contribution in [2.75, 3.05) is 0 Å². The topological polar surface area (TPSA) is 107 Å². The van der Waals surface area contributed by atoms with Crippen molar-refractivity contribution in [2.45, 2.75) is 67.4 Å². The first-order chi connectivity index (χ1) is 12.3. The van der Waals surface area contributed by atoms with Gasteiger partial charge in [-0.15, -0.1) is 0 Å². The smallest absolute Gasteiger partial charge is 0.238 e. The molecule has 0 radical (unpaired) electrons. The molecule has 1 saturated carbocycles. The first-order valence-electron chi connectivity index (χ1n) is 8.79. The highest BCUT2D eigenvalue weighted by Gasteiger charge is 2.23. The van der Waals surface area contributed by atoms with E-state index < -0.39 is 10.0 Å². The summed E-state index contributed by atoms with van der Waals surface area (Å²) in [4.78, 5) is 17.0. The molecular weight excluding hydrogens is 372 g/mol. The van der Waals surface area contributed by atoms with E-state index in [1.165, 1.54) is 36.7 Å². The minimum absolute atomic E-state index is 0.0156. The second kappa shape index (κ2) is 7.58. The predicted molar refractivity (Wildman–Crippen MR) is 102 cm³/mol. The molecule has 3 rings (SSSR count). The standard InChI is InChI=1S/C17H24N4O3S2/c1-3-21-15-9-8-13(26(18,23)24)10-14(15)20-17(21)25-11(2)16(22)19-12-6-4-5-7-12/h8-12H,3-7H2,1-2H3,(H,19,22)(H2,18,23,24)/t11-/m0/s1. The van der Waals surface area contributed by atoms with Crippen LogP contribution in [-0.4, -0.2) is 35.2 Å². The molecular formula is C17H24N4O3S2. The molecule has 0 unspecified atom stereocenters. The molecule has 0 bridgehead atoms. The number of nitrogens with one attached hydrogen (secondary N) is 1. The summed E-state index contributed by atoms with van der Waals surface area (Å²) in [5, 5.41) is 8.72. The highest BCUT2D eigenvalue weighted by Crippen LogP contribution is 2.29. The number of hydrogen-bond acceptors (Lipinski definition) is 5. The maximum absolute atomic E-state index is 12.4. The summed E-state index contributed by atoms with van der Waals surface area (Å²) >= 11 is 1.38. The van der Waals surface area contributed by atoms with Crippen LogP contribution in [0, 0.1) is 0 Å². The Hall–Kier alpha value is -1.58. The summed E-state index contributed by atoms with van der Waals surface area (Å²) < 4.78 is 25.1. The summed E-state index contributed by atoms with van der Waals surface area (Å²) in [6.45, 7) is 4.52. The van der Waals surface area contributed by atoms with E-state index in [9.17, 15) is 13.2 Å². The number of fused-ring (bicyclic) bond motifs is 1. The molecule has 1 aliphatic rings. The molecule has 1 atom stereocenters. The molecule has 1 aromatic heterocycles. The van der Waals surface area contributed by atoms with Crippen molar-refractivity contribution >= 4 is 38.7 Å². The quantitative estimate of drug-likeness (QED) is 0.728. The highest BCUT2D eigenvalue weighted by molar-refractivity contribution is 8.00. The third kappa shape index (κ3) is 4.05. The van der Waals surface area contributed by atoms with E-state index in [0.717, 1.165) is 18.4 Å². The number of sulfonamides is 1. The van der Waals surface area contributed by atoms with E-state index in [0.29, 0.717) is 17.2 Å². The Morgan fingerprint density at radius 3 is 2.73 bits per heavy atom. The molecule has 1 aliphatic carbocycles. The van der Waals surface area contributed by atoms with Gasteiger partial charge in [0.15, 0.2) is 5.16 Å². The molecule has 26 heavy (non-hydrogen) atoms. The average Bonchev–Trinajstić information content (AvgIpc) is 3.19. The monoisotopic (exact) mass is 396 g/mol. The van der Waals surface area contributed by atoms with Crippen LogP contribution in [0.4, 0.5) is 0 Å². The lowest BCUT2D eigenvalue weighted by Gasteiger charge is -2.16. The zero-order valence-electron chi connectivity index (χ0n) is 14.9. The third-order valence-corrected chi connectivity index (χ3v) is 6.68. The first-order valence-corrected chi connectivity index (χ1v) is 11.2. The number of aromatic nitrogens is 2. The first kappa shape index (κ1) is 19.2. The molecule has 0 saturated heterocycles. The van der Waals surface area contributed by atoms with E-state index in [1.54, 1.807) is 6.07 Å². The van der Waals surface area contributed by atoms with Crippen LogP contribution in [0.25, 0.3) is 11.0 Å². The van der Waals surface area contributed by atoms with Crippen LogP contribution >= 0.6 is 11.8 Å². The summed E-state index contributed by atoms with van der Waals surface area (Å²) in [6.07, 6.45) is 4.44. The molecule has 3 N–H and O–H groups in total.